The van der Waals surface area contributed by atoms with Crippen molar-refractivity contribution in [3.63, 3.8) is 0 Å². The summed E-state index contributed by atoms with van der Waals surface area (Å²) in [5.74, 6) is 0.778. The molecule has 192 valence electrons. The van der Waals surface area contributed by atoms with Crippen molar-refractivity contribution in [3.8, 4) is 0 Å². The summed E-state index contributed by atoms with van der Waals surface area (Å²) in [6.45, 7) is 16.7. The quantitative estimate of drug-likeness (QED) is 0.242. The van der Waals surface area contributed by atoms with Gasteiger partial charge in [-0.2, -0.15) is 0 Å². The first kappa shape index (κ1) is 28.2. The topological polar surface area (TPSA) is 21.6 Å². The lowest BCUT2D eigenvalue weighted by Crippen LogP contribution is -2.03. The van der Waals surface area contributed by atoms with Crippen molar-refractivity contribution in [1.82, 2.24) is 0 Å². The van der Waals surface area contributed by atoms with E-state index in [1.54, 1.807) is 18.9 Å². The molecule has 0 spiro atoms. The Morgan fingerprint density at radius 1 is 1.24 bits per heavy atom. The summed E-state index contributed by atoms with van der Waals surface area (Å²) in [5.41, 5.74) is 10.7. The fraction of sp³-hybridized carbons (Fsp3) is 0.273. The van der Waals surface area contributed by atoms with Crippen LogP contribution in [0.1, 0.15) is 52.3 Å². The van der Waals surface area contributed by atoms with Gasteiger partial charge in [0.25, 0.3) is 0 Å². The molecular formula is C33H36FNOS. The molecule has 37 heavy (non-hydrogen) atoms. The van der Waals surface area contributed by atoms with E-state index in [1.807, 2.05) is 62.4 Å². The minimum atomic E-state index is -1.19. The molecule has 1 atom stereocenters. The number of benzene rings is 1. The van der Waals surface area contributed by atoms with Crippen molar-refractivity contribution in [2.45, 2.75) is 46.7 Å². The van der Waals surface area contributed by atoms with Gasteiger partial charge < -0.3 is 4.74 Å². The van der Waals surface area contributed by atoms with E-state index in [1.165, 1.54) is 5.57 Å². The highest BCUT2D eigenvalue weighted by atomic mass is 32.2. The molecule has 1 heterocycles. The highest BCUT2D eigenvalue weighted by molar-refractivity contribution is 8.18. The molecule has 0 N–H and O–H groups in total. The molecule has 0 amide bonds. The van der Waals surface area contributed by atoms with Crippen LogP contribution in [0.4, 0.5) is 4.39 Å². The van der Waals surface area contributed by atoms with Gasteiger partial charge in [-0.25, -0.2) is 4.39 Å². The van der Waals surface area contributed by atoms with E-state index in [-0.39, 0.29) is 0 Å². The fourth-order valence-corrected chi connectivity index (χ4v) is 5.69. The average Bonchev–Trinajstić information content (AvgIpc) is 3.10. The van der Waals surface area contributed by atoms with E-state index in [0.29, 0.717) is 24.1 Å². The van der Waals surface area contributed by atoms with E-state index < -0.39 is 6.17 Å². The number of ether oxygens (including phenoxy) is 1. The van der Waals surface area contributed by atoms with Crippen LogP contribution in [0.2, 0.25) is 0 Å². The van der Waals surface area contributed by atoms with Gasteiger partial charge in [0, 0.05) is 34.6 Å². The Bertz CT molecular complexity index is 1310. The van der Waals surface area contributed by atoms with E-state index in [0.717, 1.165) is 50.0 Å². The highest BCUT2D eigenvalue weighted by Gasteiger charge is 2.30. The number of allylic oxidation sites excluding steroid dienone is 10. The number of methoxy groups -OCH3 is 1. The lowest BCUT2D eigenvalue weighted by atomic mass is 9.94. The summed E-state index contributed by atoms with van der Waals surface area (Å²) in [6.07, 6.45) is 10.6. The number of hydrogen-bond acceptors (Lipinski definition) is 3. The number of hydrogen-bond donors (Lipinski definition) is 0. The van der Waals surface area contributed by atoms with Gasteiger partial charge in [-0.3, -0.25) is 4.99 Å². The molecule has 1 aliphatic carbocycles. The van der Waals surface area contributed by atoms with Gasteiger partial charge in [-0.15, -0.1) is 5.73 Å². The molecule has 1 aliphatic heterocycles. The predicted octanol–water partition coefficient (Wildman–Crippen LogP) is 9.47. The SMILES string of the molecule is C=C=C(CC(C)=CCC1=CC=CC(=C)C(OC)=C1)C1=C(C)/C(=C(/C)C(F)c2ccccc2)C(=NCC)S1. The van der Waals surface area contributed by atoms with Crippen LogP contribution in [-0.2, 0) is 4.74 Å². The van der Waals surface area contributed by atoms with Gasteiger partial charge in [-0.05, 0) is 62.5 Å². The molecular weight excluding hydrogens is 477 g/mol. The second-order valence-electron chi connectivity index (χ2n) is 9.09. The summed E-state index contributed by atoms with van der Waals surface area (Å²) in [7, 11) is 1.66. The fourth-order valence-electron chi connectivity index (χ4n) is 4.37. The third-order valence-corrected chi connectivity index (χ3v) is 7.67. The Labute approximate surface area is 225 Å². The maximum atomic E-state index is 15.6. The summed E-state index contributed by atoms with van der Waals surface area (Å²) >= 11 is 1.60. The minimum Gasteiger partial charge on any atom is -0.496 e. The second kappa shape index (κ2) is 13.3. The molecule has 3 rings (SSSR count). The zero-order valence-corrected chi connectivity index (χ0v) is 23.3. The number of alkyl halides is 1. The Kier molecular flexibility index (Phi) is 10.1. The van der Waals surface area contributed by atoms with Crippen molar-refractivity contribution in [1.29, 1.82) is 0 Å². The van der Waals surface area contributed by atoms with Gasteiger partial charge in [0.2, 0.25) is 0 Å². The third kappa shape index (κ3) is 6.91. The molecule has 0 fully saturated rings. The monoisotopic (exact) mass is 513 g/mol. The molecule has 4 heteroatoms. The van der Waals surface area contributed by atoms with Gasteiger partial charge in [0.15, 0.2) is 0 Å². The Balaban J connectivity index is 1.88. The van der Waals surface area contributed by atoms with Crippen LogP contribution in [0.5, 0.6) is 0 Å². The summed E-state index contributed by atoms with van der Waals surface area (Å²) < 4.78 is 21.0. The largest absolute Gasteiger partial charge is 0.496 e. The number of nitrogens with zero attached hydrogens (tertiary/aromatic N) is 1. The third-order valence-electron chi connectivity index (χ3n) is 6.39. The van der Waals surface area contributed by atoms with Crippen LogP contribution in [0.25, 0.3) is 0 Å². The maximum Gasteiger partial charge on any atom is 0.147 e. The summed E-state index contributed by atoms with van der Waals surface area (Å²) in [5, 5.41) is 0.869. The molecule has 0 radical (unpaired) electrons. The van der Waals surface area contributed by atoms with E-state index in [2.05, 4.69) is 44.9 Å². The van der Waals surface area contributed by atoms with E-state index in [9.17, 15) is 0 Å². The van der Waals surface area contributed by atoms with Crippen LogP contribution in [-0.4, -0.2) is 18.7 Å². The lowest BCUT2D eigenvalue weighted by molar-refractivity contribution is 0.303. The number of thioether (sulfide) groups is 1. The van der Waals surface area contributed by atoms with E-state index in [4.69, 9.17) is 9.73 Å². The molecule has 0 aromatic heterocycles. The maximum absolute atomic E-state index is 15.6. The van der Waals surface area contributed by atoms with Crippen LogP contribution in [0, 0.1) is 0 Å². The smallest absolute Gasteiger partial charge is 0.147 e. The normalized spacial score (nSPS) is 19.4. The second-order valence-corrected chi connectivity index (χ2v) is 10.1. The van der Waals surface area contributed by atoms with Gasteiger partial charge in [0.1, 0.15) is 17.0 Å². The average molecular weight is 514 g/mol. The Morgan fingerprint density at radius 2 is 1.97 bits per heavy atom. The molecule has 2 aliphatic rings. The minimum absolute atomic E-state index is 0.640. The molecule has 1 aromatic carbocycles. The molecule has 2 nitrogen and oxygen atoms in total. The van der Waals surface area contributed by atoms with Gasteiger partial charge >= 0.3 is 0 Å². The zero-order valence-electron chi connectivity index (χ0n) is 22.5. The summed E-state index contributed by atoms with van der Waals surface area (Å²) in [4.78, 5) is 5.79. The van der Waals surface area contributed by atoms with Crippen LogP contribution >= 0.6 is 11.8 Å². The predicted molar refractivity (Wildman–Crippen MR) is 158 cm³/mol. The zero-order chi connectivity index (χ0) is 26.9. The Morgan fingerprint density at radius 3 is 2.62 bits per heavy atom. The van der Waals surface area contributed by atoms with Crippen molar-refractivity contribution in [3.05, 3.63) is 135 Å². The number of rotatable bonds is 9. The first-order chi connectivity index (χ1) is 17.8. The van der Waals surface area contributed by atoms with Gasteiger partial charge in [-0.1, -0.05) is 85.1 Å². The first-order valence-electron chi connectivity index (χ1n) is 12.5. The standard InChI is InChI=1S/C33H36FNOS/c1-8-27(20-22(3)18-19-26-15-13-14-23(4)29(21-26)36-7)32-25(6)30(33(37-32)35-9-2)24(5)31(34)28-16-11-10-12-17-28/h10-18,21,31H,1,4,9,19-20H2,2-3,5-7H3/b22-18?,30-24+,35-33?. The van der Waals surface area contributed by atoms with Crippen molar-refractivity contribution < 1.29 is 9.13 Å². The van der Waals surface area contributed by atoms with Crippen LogP contribution < -0.4 is 0 Å². The van der Waals surface area contributed by atoms with Gasteiger partial charge in [0.05, 0.1) is 7.11 Å². The molecule has 0 bridgehead atoms. The first-order valence-corrected chi connectivity index (χ1v) is 13.3. The summed E-state index contributed by atoms with van der Waals surface area (Å²) in [6, 6.07) is 9.31. The van der Waals surface area contributed by atoms with Crippen molar-refractivity contribution in [2.75, 3.05) is 13.7 Å². The van der Waals surface area contributed by atoms with Crippen LogP contribution in [0.15, 0.2) is 134 Å². The lowest BCUT2D eigenvalue weighted by Gasteiger charge is -2.14. The molecule has 1 unspecified atom stereocenters. The number of aliphatic imine (C=N–C) groups is 1. The van der Waals surface area contributed by atoms with Crippen molar-refractivity contribution in [2.24, 2.45) is 4.99 Å². The van der Waals surface area contributed by atoms with Crippen LogP contribution in [0.3, 0.4) is 0 Å². The van der Waals surface area contributed by atoms with E-state index >= 15 is 4.39 Å². The number of halogens is 1. The molecule has 0 saturated heterocycles. The van der Waals surface area contributed by atoms with Crippen molar-refractivity contribution >= 4 is 16.8 Å². The molecule has 0 saturated carbocycles. The highest BCUT2D eigenvalue weighted by Crippen LogP contribution is 2.46. The Hall–Kier alpha value is -3.33. The molecule has 1 aromatic rings.